The molecule has 0 radical (unpaired) electrons. The average Bonchev–Trinajstić information content (AvgIpc) is 2.67. The van der Waals surface area contributed by atoms with Gasteiger partial charge < -0.3 is 14.8 Å². The highest BCUT2D eigenvalue weighted by molar-refractivity contribution is 5.78. The highest BCUT2D eigenvalue weighted by Gasteiger charge is 2.15. The van der Waals surface area contributed by atoms with Gasteiger partial charge in [0, 0.05) is 26.1 Å². The van der Waals surface area contributed by atoms with Crippen molar-refractivity contribution < 1.29 is 4.79 Å². The van der Waals surface area contributed by atoms with Crippen LogP contribution in [0.5, 0.6) is 0 Å². The Labute approximate surface area is 173 Å². The zero-order valence-electron chi connectivity index (χ0n) is 18.3. The molecule has 6 heteroatoms. The largest absolute Gasteiger partial charge is 0.356 e. The molecule has 1 fully saturated rings. The van der Waals surface area contributed by atoms with E-state index < -0.39 is 0 Å². The van der Waals surface area contributed by atoms with Gasteiger partial charge in [-0.25, -0.2) is 4.98 Å². The summed E-state index contributed by atoms with van der Waals surface area (Å²) in [5, 5.41) is 3.01. The van der Waals surface area contributed by atoms with Gasteiger partial charge in [-0.2, -0.15) is 0 Å². The first-order valence-electron chi connectivity index (χ1n) is 10.8. The molecule has 158 valence electrons. The van der Waals surface area contributed by atoms with Gasteiger partial charge in [-0.05, 0) is 82.3 Å². The first kappa shape index (κ1) is 21.5. The molecular weight excluding hydrogens is 364 g/mol. The summed E-state index contributed by atoms with van der Waals surface area (Å²) in [7, 11) is 0. The quantitative estimate of drug-likeness (QED) is 0.728. The molecule has 2 aromatic rings. The van der Waals surface area contributed by atoms with E-state index >= 15 is 0 Å². The molecule has 0 aliphatic carbocycles. The minimum absolute atomic E-state index is 0.00430. The summed E-state index contributed by atoms with van der Waals surface area (Å²) in [6, 6.07) is 4.01. The molecule has 1 N–H and O–H groups in total. The van der Waals surface area contributed by atoms with Crippen LogP contribution in [0.2, 0.25) is 0 Å². The average molecular weight is 399 g/mol. The summed E-state index contributed by atoms with van der Waals surface area (Å²) < 4.78 is 1.69. The summed E-state index contributed by atoms with van der Waals surface area (Å²) in [4.78, 5) is 31.9. The number of nitrogens with zero attached hydrogens (tertiary/aromatic N) is 3. The lowest BCUT2D eigenvalue weighted by Gasteiger charge is -2.30. The second-order valence-corrected chi connectivity index (χ2v) is 8.58. The molecule has 1 amide bonds. The van der Waals surface area contributed by atoms with Crippen molar-refractivity contribution in [2.75, 3.05) is 26.2 Å². The van der Waals surface area contributed by atoms with E-state index in [2.05, 4.69) is 22.1 Å². The Balaban J connectivity index is 1.54. The van der Waals surface area contributed by atoms with E-state index in [1.807, 2.05) is 26.0 Å². The number of carbonyl (C=O) groups is 1. The number of likely N-dealkylation sites (tertiary alicyclic amines) is 1. The maximum absolute atomic E-state index is 12.6. The summed E-state index contributed by atoms with van der Waals surface area (Å²) in [6.45, 7) is 12.6. The maximum Gasteiger partial charge on any atom is 0.272 e. The van der Waals surface area contributed by atoms with Crippen LogP contribution in [0, 0.1) is 26.7 Å². The van der Waals surface area contributed by atoms with E-state index in [1.54, 1.807) is 11.5 Å². The summed E-state index contributed by atoms with van der Waals surface area (Å²) in [5.41, 5.74) is 4.23. The van der Waals surface area contributed by atoms with Gasteiger partial charge in [-0.3, -0.25) is 9.59 Å². The van der Waals surface area contributed by atoms with Gasteiger partial charge in [-0.15, -0.1) is 0 Å². The third-order valence-corrected chi connectivity index (χ3v) is 6.00. The number of aryl methyl sites for hydroxylation is 4. The predicted octanol–water partition coefficient (Wildman–Crippen LogP) is 2.95. The molecule has 1 saturated heterocycles. The zero-order valence-corrected chi connectivity index (χ0v) is 18.3. The summed E-state index contributed by atoms with van der Waals surface area (Å²) in [5.74, 6) is 0.776. The first-order chi connectivity index (χ1) is 13.8. The standard InChI is InChI=1S/C23H34N4O2/c1-16-7-5-10-26(15-16)11-6-9-24-22(28)8-12-27-21-14-18(3)17(2)13-20(21)25-19(4)23(27)29/h13-14,16H,5-12,15H2,1-4H3,(H,24,28). The minimum Gasteiger partial charge on any atom is -0.356 e. The molecule has 29 heavy (non-hydrogen) atoms. The molecule has 3 rings (SSSR count). The predicted molar refractivity (Wildman–Crippen MR) is 117 cm³/mol. The smallest absolute Gasteiger partial charge is 0.272 e. The second-order valence-electron chi connectivity index (χ2n) is 8.58. The van der Waals surface area contributed by atoms with Crippen molar-refractivity contribution in [1.29, 1.82) is 0 Å². The van der Waals surface area contributed by atoms with Crippen LogP contribution >= 0.6 is 0 Å². The van der Waals surface area contributed by atoms with Crippen LogP contribution in [0.25, 0.3) is 11.0 Å². The van der Waals surface area contributed by atoms with Crippen LogP contribution in [0.3, 0.4) is 0 Å². The number of amides is 1. The van der Waals surface area contributed by atoms with Crippen LogP contribution in [0.1, 0.15) is 49.4 Å². The molecule has 1 aromatic heterocycles. The third kappa shape index (κ3) is 5.44. The van der Waals surface area contributed by atoms with Crippen molar-refractivity contribution in [2.24, 2.45) is 5.92 Å². The summed E-state index contributed by atoms with van der Waals surface area (Å²) >= 11 is 0. The number of fused-ring (bicyclic) bond motifs is 1. The SMILES string of the molecule is Cc1cc2nc(C)c(=O)n(CCC(=O)NCCCN3CCCC(C)C3)c2cc1C. The van der Waals surface area contributed by atoms with Gasteiger partial charge in [0.25, 0.3) is 5.56 Å². The number of rotatable bonds is 7. The molecule has 1 aliphatic heterocycles. The Hall–Kier alpha value is -2.21. The Morgan fingerprint density at radius 3 is 2.72 bits per heavy atom. The normalized spacial score (nSPS) is 17.6. The highest BCUT2D eigenvalue weighted by atomic mass is 16.1. The highest BCUT2D eigenvalue weighted by Crippen LogP contribution is 2.17. The van der Waals surface area contributed by atoms with E-state index in [-0.39, 0.29) is 11.5 Å². The fraction of sp³-hybridized carbons (Fsp3) is 0.609. The Bertz CT molecular complexity index is 935. The van der Waals surface area contributed by atoms with E-state index in [4.69, 9.17) is 0 Å². The van der Waals surface area contributed by atoms with Crippen LogP contribution in [0.15, 0.2) is 16.9 Å². The lowest BCUT2D eigenvalue weighted by molar-refractivity contribution is -0.121. The minimum atomic E-state index is -0.118. The Morgan fingerprint density at radius 2 is 1.97 bits per heavy atom. The maximum atomic E-state index is 12.6. The third-order valence-electron chi connectivity index (χ3n) is 6.00. The van der Waals surface area contributed by atoms with E-state index in [1.165, 1.54) is 25.9 Å². The fourth-order valence-corrected chi connectivity index (χ4v) is 4.17. The monoisotopic (exact) mass is 398 g/mol. The van der Waals surface area contributed by atoms with Crippen LogP contribution in [0.4, 0.5) is 0 Å². The molecule has 1 aliphatic rings. The van der Waals surface area contributed by atoms with Gasteiger partial charge in [0.2, 0.25) is 5.91 Å². The van der Waals surface area contributed by atoms with Crippen molar-refractivity contribution in [3.05, 3.63) is 39.3 Å². The summed E-state index contributed by atoms with van der Waals surface area (Å²) in [6.07, 6.45) is 3.87. The topological polar surface area (TPSA) is 67.2 Å². The van der Waals surface area contributed by atoms with Gasteiger partial charge in [0.1, 0.15) is 5.69 Å². The van der Waals surface area contributed by atoms with Crippen LogP contribution in [-0.2, 0) is 11.3 Å². The molecule has 0 bridgehead atoms. The number of piperidine rings is 1. The van der Waals surface area contributed by atoms with Gasteiger partial charge in [-0.1, -0.05) is 6.92 Å². The molecule has 0 spiro atoms. The molecule has 0 saturated carbocycles. The molecule has 6 nitrogen and oxygen atoms in total. The van der Waals surface area contributed by atoms with Gasteiger partial charge in [0.05, 0.1) is 11.0 Å². The molecular formula is C23H34N4O2. The number of nitrogens with one attached hydrogen (secondary N) is 1. The van der Waals surface area contributed by atoms with Crippen molar-refractivity contribution in [1.82, 2.24) is 19.8 Å². The Kier molecular flexibility index (Phi) is 7.06. The van der Waals surface area contributed by atoms with Gasteiger partial charge >= 0.3 is 0 Å². The zero-order chi connectivity index (χ0) is 21.0. The second kappa shape index (κ2) is 9.53. The van der Waals surface area contributed by atoms with Crippen LogP contribution < -0.4 is 10.9 Å². The molecule has 1 unspecified atom stereocenters. The Morgan fingerprint density at radius 1 is 1.21 bits per heavy atom. The van der Waals surface area contributed by atoms with Gasteiger partial charge in [0.15, 0.2) is 0 Å². The number of hydrogen-bond acceptors (Lipinski definition) is 4. The van der Waals surface area contributed by atoms with E-state index in [0.717, 1.165) is 41.0 Å². The van der Waals surface area contributed by atoms with Crippen molar-refractivity contribution >= 4 is 16.9 Å². The molecule has 1 atom stereocenters. The van der Waals surface area contributed by atoms with Crippen molar-refractivity contribution in [3.63, 3.8) is 0 Å². The van der Waals surface area contributed by atoms with Crippen molar-refractivity contribution in [3.8, 4) is 0 Å². The fourth-order valence-electron chi connectivity index (χ4n) is 4.17. The number of carbonyl (C=O) groups excluding carboxylic acids is 1. The van der Waals surface area contributed by atoms with E-state index in [0.29, 0.717) is 25.2 Å². The first-order valence-corrected chi connectivity index (χ1v) is 10.8. The number of aromatic nitrogens is 2. The molecule has 2 heterocycles. The van der Waals surface area contributed by atoms with E-state index in [9.17, 15) is 9.59 Å². The lowest BCUT2D eigenvalue weighted by Crippen LogP contribution is -2.36. The number of hydrogen-bond donors (Lipinski definition) is 1. The van der Waals surface area contributed by atoms with Crippen LogP contribution in [-0.4, -0.2) is 46.5 Å². The number of benzene rings is 1. The lowest BCUT2D eigenvalue weighted by atomic mass is 10.0. The van der Waals surface area contributed by atoms with Crippen molar-refractivity contribution in [2.45, 2.75) is 59.9 Å². The molecule has 1 aromatic carbocycles.